The number of anilines is 2. The molecular weight excluding hydrogens is 436 g/mol. The molecule has 0 saturated carbocycles. The smallest absolute Gasteiger partial charge is 0.414 e. The van der Waals surface area contributed by atoms with Crippen LogP contribution in [-0.2, 0) is 21.2 Å². The van der Waals surface area contributed by atoms with Crippen molar-refractivity contribution in [3.8, 4) is 0 Å². The zero-order chi connectivity index (χ0) is 23.3. The van der Waals surface area contributed by atoms with Crippen molar-refractivity contribution in [2.24, 2.45) is 0 Å². The third kappa shape index (κ3) is 5.32. The Hall–Kier alpha value is -3.84. The summed E-state index contributed by atoms with van der Waals surface area (Å²) in [5.41, 5.74) is 1.98. The molecule has 0 aliphatic rings. The van der Waals surface area contributed by atoms with Gasteiger partial charge in [-0.1, -0.05) is 66.7 Å². The summed E-state index contributed by atoms with van der Waals surface area (Å²) >= 11 is 0. The van der Waals surface area contributed by atoms with Crippen molar-refractivity contribution in [2.75, 3.05) is 23.3 Å². The van der Waals surface area contributed by atoms with Crippen LogP contribution < -0.4 is 9.62 Å². The van der Waals surface area contributed by atoms with E-state index in [-0.39, 0.29) is 4.90 Å². The zero-order valence-electron chi connectivity index (χ0n) is 18.1. The highest BCUT2D eigenvalue weighted by Crippen LogP contribution is 2.25. The van der Waals surface area contributed by atoms with Crippen LogP contribution in [0.2, 0.25) is 0 Å². The fourth-order valence-electron chi connectivity index (χ4n) is 3.61. The predicted molar refractivity (Wildman–Crippen MR) is 131 cm³/mol. The quantitative estimate of drug-likeness (QED) is 0.398. The minimum Gasteiger partial charge on any atom is -0.452 e. The van der Waals surface area contributed by atoms with Crippen LogP contribution in [0, 0.1) is 0 Å². The zero-order valence-corrected chi connectivity index (χ0v) is 19.0. The summed E-state index contributed by atoms with van der Waals surface area (Å²) in [5, 5.41) is 1.80. The number of carbonyl (C=O) groups is 1. The third-order valence-electron chi connectivity index (χ3n) is 5.30. The lowest BCUT2D eigenvalue weighted by Crippen LogP contribution is -2.32. The molecule has 0 saturated heterocycles. The number of amides is 1. The van der Waals surface area contributed by atoms with E-state index in [1.165, 1.54) is 12.0 Å². The number of benzene rings is 4. The number of carbonyl (C=O) groups excluding carboxylic acids is 1. The number of hydrogen-bond donors (Lipinski definition) is 1. The molecule has 0 unspecified atom stereocenters. The highest BCUT2D eigenvalue weighted by atomic mass is 32.2. The molecule has 33 heavy (non-hydrogen) atoms. The predicted octanol–water partition coefficient (Wildman–Crippen LogP) is 5.46. The summed E-state index contributed by atoms with van der Waals surface area (Å²) in [7, 11) is -2.49. The van der Waals surface area contributed by atoms with Gasteiger partial charge in [-0.15, -0.1) is 0 Å². The molecule has 4 rings (SSSR count). The first kappa shape index (κ1) is 22.4. The summed E-state index contributed by atoms with van der Waals surface area (Å²) in [6, 6.07) is 29.1. The second-order valence-electron chi connectivity index (χ2n) is 7.52. The Morgan fingerprint density at radius 3 is 2.33 bits per heavy atom. The maximum Gasteiger partial charge on any atom is 0.414 e. The molecule has 0 heterocycles. The molecule has 168 valence electrons. The summed E-state index contributed by atoms with van der Waals surface area (Å²) in [6.45, 7) is 0.386. The highest BCUT2D eigenvalue weighted by molar-refractivity contribution is 7.92. The molecule has 0 atom stereocenters. The van der Waals surface area contributed by atoms with E-state index in [1.54, 1.807) is 42.5 Å². The van der Waals surface area contributed by atoms with Crippen molar-refractivity contribution in [3.05, 3.63) is 103 Å². The van der Waals surface area contributed by atoms with Crippen molar-refractivity contribution in [1.82, 2.24) is 0 Å². The van der Waals surface area contributed by atoms with E-state index in [0.29, 0.717) is 24.3 Å². The van der Waals surface area contributed by atoms with Crippen molar-refractivity contribution in [1.29, 1.82) is 0 Å². The molecule has 0 aliphatic carbocycles. The summed E-state index contributed by atoms with van der Waals surface area (Å²) < 4.78 is 33.6. The molecule has 4 aromatic carbocycles. The van der Waals surface area contributed by atoms with Crippen LogP contribution in [0.25, 0.3) is 10.8 Å². The first-order valence-electron chi connectivity index (χ1n) is 10.5. The lowest BCUT2D eigenvalue weighted by Gasteiger charge is -2.22. The van der Waals surface area contributed by atoms with E-state index < -0.39 is 16.1 Å². The van der Waals surface area contributed by atoms with Gasteiger partial charge in [0.1, 0.15) is 0 Å². The van der Waals surface area contributed by atoms with Crippen LogP contribution >= 0.6 is 0 Å². The van der Waals surface area contributed by atoms with E-state index in [1.807, 2.05) is 54.6 Å². The maximum atomic E-state index is 13.0. The van der Waals surface area contributed by atoms with E-state index >= 15 is 0 Å². The summed E-state index contributed by atoms with van der Waals surface area (Å²) in [4.78, 5) is 14.1. The Labute approximate surface area is 193 Å². The highest BCUT2D eigenvalue weighted by Gasteiger charge is 2.19. The fraction of sp³-hybridized carbons (Fsp3) is 0.115. The Kier molecular flexibility index (Phi) is 6.60. The maximum absolute atomic E-state index is 13.0. The number of ether oxygens (including phenoxy) is 1. The van der Waals surface area contributed by atoms with Gasteiger partial charge in [0, 0.05) is 12.2 Å². The molecule has 0 bridgehead atoms. The summed E-state index contributed by atoms with van der Waals surface area (Å²) in [5.74, 6) is 0. The number of sulfonamides is 1. The molecule has 4 aromatic rings. The van der Waals surface area contributed by atoms with Crippen LogP contribution in [-0.4, -0.2) is 28.2 Å². The van der Waals surface area contributed by atoms with Crippen molar-refractivity contribution >= 4 is 38.3 Å². The topological polar surface area (TPSA) is 75.7 Å². The van der Waals surface area contributed by atoms with Crippen LogP contribution in [0.3, 0.4) is 0 Å². The first-order valence-corrected chi connectivity index (χ1v) is 12.0. The minimum atomic E-state index is -3.81. The number of rotatable bonds is 7. The van der Waals surface area contributed by atoms with Crippen LogP contribution in [0.5, 0.6) is 0 Å². The molecule has 6 nitrogen and oxygen atoms in total. The van der Waals surface area contributed by atoms with Gasteiger partial charge in [0.2, 0.25) is 0 Å². The number of nitrogens with zero attached hydrogens (tertiary/aromatic N) is 1. The van der Waals surface area contributed by atoms with E-state index in [0.717, 1.165) is 16.3 Å². The van der Waals surface area contributed by atoms with Gasteiger partial charge in [0.05, 0.1) is 17.7 Å². The number of methoxy groups -OCH3 is 1. The van der Waals surface area contributed by atoms with E-state index in [2.05, 4.69) is 4.72 Å². The number of fused-ring (bicyclic) bond motifs is 1. The second-order valence-corrected chi connectivity index (χ2v) is 9.20. The van der Waals surface area contributed by atoms with Gasteiger partial charge >= 0.3 is 6.09 Å². The molecule has 0 fully saturated rings. The molecule has 1 amide bonds. The Morgan fingerprint density at radius 1 is 0.848 bits per heavy atom. The average molecular weight is 461 g/mol. The van der Waals surface area contributed by atoms with Crippen molar-refractivity contribution < 1.29 is 17.9 Å². The third-order valence-corrected chi connectivity index (χ3v) is 6.68. The molecule has 0 aliphatic heterocycles. The van der Waals surface area contributed by atoms with Gasteiger partial charge in [-0.3, -0.25) is 9.62 Å². The van der Waals surface area contributed by atoms with Gasteiger partial charge in [-0.2, -0.15) is 0 Å². The van der Waals surface area contributed by atoms with Gasteiger partial charge in [0.25, 0.3) is 10.0 Å². The monoisotopic (exact) mass is 460 g/mol. The van der Waals surface area contributed by atoms with Crippen LogP contribution in [0.4, 0.5) is 16.2 Å². The molecule has 1 N–H and O–H groups in total. The second kappa shape index (κ2) is 9.75. The van der Waals surface area contributed by atoms with E-state index in [4.69, 9.17) is 4.74 Å². The van der Waals surface area contributed by atoms with Crippen molar-refractivity contribution in [3.63, 3.8) is 0 Å². The Balaban J connectivity index is 1.57. The van der Waals surface area contributed by atoms with Gasteiger partial charge in [0.15, 0.2) is 0 Å². The molecule has 0 radical (unpaired) electrons. The Bertz CT molecular complexity index is 1370. The molecule has 0 aromatic heterocycles. The largest absolute Gasteiger partial charge is 0.452 e. The molecular formula is C26H24N2O4S. The molecule has 7 heteroatoms. The normalized spacial score (nSPS) is 11.2. The average Bonchev–Trinajstić information content (AvgIpc) is 2.84. The van der Waals surface area contributed by atoms with Gasteiger partial charge < -0.3 is 4.74 Å². The van der Waals surface area contributed by atoms with Crippen molar-refractivity contribution in [2.45, 2.75) is 11.3 Å². The Morgan fingerprint density at radius 2 is 1.58 bits per heavy atom. The van der Waals surface area contributed by atoms with Crippen LogP contribution in [0.1, 0.15) is 5.56 Å². The lowest BCUT2D eigenvalue weighted by atomic mass is 10.1. The standard InChI is InChI=1S/C26H24N2O4S/c1-32-26(29)28(17-16-20-8-3-2-4-9-20)24-13-7-12-23(19-24)27-33(30,31)25-15-14-21-10-5-6-11-22(21)18-25/h2-15,18-19,27H,16-17H2,1H3. The van der Waals surface area contributed by atoms with Gasteiger partial charge in [-0.05, 0) is 53.1 Å². The SMILES string of the molecule is COC(=O)N(CCc1ccccc1)c1cccc(NS(=O)(=O)c2ccc3ccccc3c2)c1. The first-order chi connectivity index (χ1) is 16.0. The minimum absolute atomic E-state index is 0.167. The molecule has 0 spiro atoms. The van der Waals surface area contributed by atoms with E-state index in [9.17, 15) is 13.2 Å². The number of nitrogens with one attached hydrogen (secondary N) is 1. The van der Waals surface area contributed by atoms with Crippen LogP contribution in [0.15, 0.2) is 102 Å². The summed E-state index contributed by atoms with van der Waals surface area (Å²) in [6.07, 6.45) is 0.115. The number of hydrogen-bond acceptors (Lipinski definition) is 4. The van der Waals surface area contributed by atoms with Gasteiger partial charge in [-0.25, -0.2) is 13.2 Å². The fourth-order valence-corrected chi connectivity index (χ4v) is 4.69. The lowest BCUT2D eigenvalue weighted by molar-refractivity contribution is 0.178.